The van der Waals surface area contributed by atoms with Gasteiger partial charge in [-0.1, -0.05) is 18.2 Å². The molecule has 0 unspecified atom stereocenters. The number of hydrogen-bond donors (Lipinski definition) is 1. The summed E-state index contributed by atoms with van der Waals surface area (Å²) in [5.41, 5.74) is 2.14. The van der Waals surface area contributed by atoms with Gasteiger partial charge in [0.25, 0.3) is 0 Å². The summed E-state index contributed by atoms with van der Waals surface area (Å²) in [6.45, 7) is 3.39. The molecule has 90 valence electrons. The Labute approximate surface area is 105 Å². The van der Waals surface area contributed by atoms with Crippen molar-refractivity contribution in [3.05, 3.63) is 45.9 Å². The lowest BCUT2D eigenvalue weighted by Crippen LogP contribution is -2.05. The van der Waals surface area contributed by atoms with Crippen LogP contribution in [-0.2, 0) is 13.2 Å². The van der Waals surface area contributed by atoms with Crippen molar-refractivity contribution in [2.24, 2.45) is 0 Å². The van der Waals surface area contributed by atoms with Crippen LogP contribution in [0.3, 0.4) is 0 Å². The van der Waals surface area contributed by atoms with Crippen LogP contribution in [0, 0.1) is 6.92 Å². The van der Waals surface area contributed by atoms with Crippen LogP contribution in [0.2, 0.25) is 0 Å². The normalized spacial score (nSPS) is 10.5. The molecule has 0 aliphatic rings. The third-order valence-electron chi connectivity index (χ3n) is 2.40. The van der Waals surface area contributed by atoms with E-state index in [9.17, 15) is 0 Å². The van der Waals surface area contributed by atoms with E-state index < -0.39 is 0 Å². The highest BCUT2D eigenvalue weighted by Gasteiger charge is 2.03. The number of nitrogens with zero attached hydrogens (tertiary/aromatic N) is 1. The van der Waals surface area contributed by atoms with E-state index in [4.69, 9.17) is 4.74 Å². The summed E-state index contributed by atoms with van der Waals surface area (Å²) in [5.74, 6) is 0.927. The van der Waals surface area contributed by atoms with E-state index in [-0.39, 0.29) is 0 Å². The fourth-order valence-electron chi connectivity index (χ4n) is 1.52. The molecule has 1 N–H and O–H groups in total. The van der Waals surface area contributed by atoms with Gasteiger partial charge in [0.15, 0.2) is 0 Å². The summed E-state index contributed by atoms with van der Waals surface area (Å²) >= 11 is 1.66. The fourth-order valence-corrected chi connectivity index (χ4v) is 2.31. The lowest BCUT2D eigenvalue weighted by molar-refractivity contribution is 0.300. The van der Waals surface area contributed by atoms with Crippen molar-refractivity contribution in [2.75, 3.05) is 7.05 Å². The second-order valence-electron chi connectivity index (χ2n) is 3.82. The van der Waals surface area contributed by atoms with Crippen molar-refractivity contribution in [1.29, 1.82) is 0 Å². The Morgan fingerprint density at radius 1 is 1.35 bits per heavy atom. The molecule has 0 saturated carbocycles. The molecular weight excluding hydrogens is 232 g/mol. The number of ether oxygens (including phenoxy) is 1. The quantitative estimate of drug-likeness (QED) is 0.883. The molecule has 0 spiro atoms. The lowest BCUT2D eigenvalue weighted by atomic mass is 10.2. The minimum absolute atomic E-state index is 0.533. The van der Waals surface area contributed by atoms with Crippen LogP contribution in [0.25, 0.3) is 0 Å². The summed E-state index contributed by atoms with van der Waals surface area (Å²) in [6, 6.07) is 8.02. The number of para-hydroxylation sites is 1. The van der Waals surface area contributed by atoms with Gasteiger partial charge in [-0.25, -0.2) is 4.98 Å². The average molecular weight is 248 g/mol. The van der Waals surface area contributed by atoms with Crippen molar-refractivity contribution >= 4 is 11.3 Å². The van der Waals surface area contributed by atoms with Gasteiger partial charge in [0.05, 0.1) is 5.69 Å². The predicted molar refractivity (Wildman–Crippen MR) is 70.4 cm³/mol. The van der Waals surface area contributed by atoms with E-state index >= 15 is 0 Å². The zero-order chi connectivity index (χ0) is 12.1. The average Bonchev–Trinajstić information content (AvgIpc) is 2.76. The van der Waals surface area contributed by atoms with Gasteiger partial charge in [-0.05, 0) is 25.6 Å². The fraction of sp³-hybridized carbons (Fsp3) is 0.308. The lowest BCUT2D eigenvalue weighted by Gasteiger charge is -2.06. The van der Waals surface area contributed by atoms with Crippen molar-refractivity contribution < 1.29 is 4.74 Å². The van der Waals surface area contributed by atoms with E-state index in [0.717, 1.165) is 28.6 Å². The van der Waals surface area contributed by atoms with Gasteiger partial charge in [0.1, 0.15) is 17.4 Å². The Morgan fingerprint density at radius 2 is 2.18 bits per heavy atom. The first-order valence-corrected chi connectivity index (χ1v) is 6.44. The minimum Gasteiger partial charge on any atom is -0.487 e. The Balaban J connectivity index is 1.95. The highest BCUT2D eigenvalue weighted by atomic mass is 32.1. The van der Waals surface area contributed by atoms with E-state index in [1.807, 2.05) is 43.6 Å². The number of nitrogens with one attached hydrogen (secondary N) is 1. The summed E-state index contributed by atoms with van der Waals surface area (Å²) in [5, 5.41) is 6.23. The molecule has 17 heavy (non-hydrogen) atoms. The van der Waals surface area contributed by atoms with Gasteiger partial charge in [0.2, 0.25) is 0 Å². The molecule has 0 aliphatic heterocycles. The zero-order valence-electron chi connectivity index (χ0n) is 10.1. The molecule has 0 bridgehead atoms. The molecule has 1 aromatic heterocycles. The topological polar surface area (TPSA) is 34.2 Å². The van der Waals surface area contributed by atoms with Crippen LogP contribution in [0.4, 0.5) is 0 Å². The van der Waals surface area contributed by atoms with Crippen LogP contribution in [0.15, 0.2) is 29.6 Å². The van der Waals surface area contributed by atoms with E-state index in [0.29, 0.717) is 6.61 Å². The second kappa shape index (κ2) is 5.80. The van der Waals surface area contributed by atoms with Crippen LogP contribution in [0.5, 0.6) is 5.75 Å². The first-order valence-electron chi connectivity index (χ1n) is 5.56. The number of aryl methyl sites for hydroxylation is 1. The van der Waals surface area contributed by atoms with E-state index in [1.54, 1.807) is 11.3 Å². The van der Waals surface area contributed by atoms with Crippen molar-refractivity contribution in [3.8, 4) is 5.75 Å². The Bertz CT molecular complexity index is 482. The van der Waals surface area contributed by atoms with Crippen LogP contribution in [0.1, 0.15) is 16.3 Å². The molecule has 1 aromatic carbocycles. The maximum Gasteiger partial charge on any atom is 0.131 e. The largest absolute Gasteiger partial charge is 0.487 e. The maximum atomic E-state index is 5.74. The SMILES string of the molecule is CNCc1nc(COc2ccccc2C)cs1. The first kappa shape index (κ1) is 12.1. The van der Waals surface area contributed by atoms with Crippen molar-refractivity contribution in [2.45, 2.75) is 20.1 Å². The molecule has 3 nitrogen and oxygen atoms in total. The molecule has 0 radical (unpaired) electrons. The summed E-state index contributed by atoms with van der Waals surface area (Å²) in [7, 11) is 1.92. The van der Waals surface area contributed by atoms with Crippen molar-refractivity contribution in [1.82, 2.24) is 10.3 Å². The predicted octanol–water partition coefficient (Wildman–Crippen LogP) is 2.75. The smallest absolute Gasteiger partial charge is 0.131 e. The highest BCUT2D eigenvalue weighted by molar-refractivity contribution is 7.09. The molecule has 0 saturated heterocycles. The van der Waals surface area contributed by atoms with Gasteiger partial charge in [0, 0.05) is 11.9 Å². The highest BCUT2D eigenvalue weighted by Crippen LogP contribution is 2.18. The van der Waals surface area contributed by atoms with Gasteiger partial charge >= 0.3 is 0 Å². The van der Waals surface area contributed by atoms with Crippen molar-refractivity contribution in [3.63, 3.8) is 0 Å². The number of hydrogen-bond acceptors (Lipinski definition) is 4. The molecule has 1 heterocycles. The molecule has 0 atom stereocenters. The molecule has 0 aliphatic carbocycles. The number of thiazole rings is 1. The molecule has 4 heteroatoms. The van der Waals surface area contributed by atoms with Crippen LogP contribution in [-0.4, -0.2) is 12.0 Å². The van der Waals surface area contributed by atoms with Gasteiger partial charge in [-0.3, -0.25) is 0 Å². The number of aromatic nitrogens is 1. The second-order valence-corrected chi connectivity index (χ2v) is 4.76. The molecule has 2 aromatic rings. The third kappa shape index (κ3) is 3.28. The Morgan fingerprint density at radius 3 is 2.94 bits per heavy atom. The Kier molecular flexibility index (Phi) is 4.12. The zero-order valence-corrected chi connectivity index (χ0v) is 10.9. The van der Waals surface area contributed by atoms with E-state index in [2.05, 4.69) is 10.3 Å². The summed E-state index contributed by atoms with van der Waals surface area (Å²) in [6.07, 6.45) is 0. The monoisotopic (exact) mass is 248 g/mol. The number of benzene rings is 1. The van der Waals surface area contributed by atoms with E-state index in [1.165, 1.54) is 0 Å². The Hall–Kier alpha value is -1.39. The van der Waals surface area contributed by atoms with Gasteiger partial charge < -0.3 is 10.1 Å². The molecule has 0 fully saturated rings. The first-order chi connectivity index (χ1) is 8.29. The minimum atomic E-state index is 0.533. The van der Waals surface area contributed by atoms with Crippen LogP contribution < -0.4 is 10.1 Å². The molecule has 2 rings (SSSR count). The van der Waals surface area contributed by atoms with Gasteiger partial charge in [-0.2, -0.15) is 0 Å². The molecule has 0 amide bonds. The third-order valence-corrected chi connectivity index (χ3v) is 3.29. The summed E-state index contributed by atoms with van der Waals surface area (Å²) in [4.78, 5) is 4.48. The standard InChI is InChI=1S/C13H16N2OS/c1-10-5-3-4-6-12(10)16-8-11-9-17-13(15-11)7-14-2/h3-6,9,14H,7-8H2,1-2H3. The van der Waals surface area contributed by atoms with Gasteiger partial charge in [-0.15, -0.1) is 11.3 Å². The number of rotatable bonds is 5. The maximum absolute atomic E-state index is 5.74. The molecular formula is C13H16N2OS. The van der Waals surface area contributed by atoms with Crippen LogP contribution >= 0.6 is 11.3 Å². The summed E-state index contributed by atoms with van der Waals surface area (Å²) < 4.78 is 5.74.